The maximum atomic E-state index is 13.1. The molecule has 0 fully saturated rings. The summed E-state index contributed by atoms with van der Waals surface area (Å²) in [7, 11) is 1.63. The average molecular weight is 427 g/mol. The second-order valence-corrected chi connectivity index (χ2v) is 8.01. The number of halogens is 1. The predicted molar refractivity (Wildman–Crippen MR) is 119 cm³/mol. The molecule has 0 bridgehead atoms. The number of ether oxygens (including phenoxy) is 1. The van der Waals surface area contributed by atoms with Gasteiger partial charge in [0.25, 0.3) is 5.91 Å². The summed E-state index contributed by atoms with van der Waals surface area (Å²) in [6.45, 7) is 3.69. The molecule has 2 amide bonds. The van der Waals surface area contributed by atoms with Gasteiger partial charge in [0, 0.05) is 18.5 Å². The van der Waals surface area contributed by atoms with Crippen LogP contribution in [0.1, 0.15) is 48.7 Å². The fourth-order valence-electron chi connectivity index (χ4n) is 3.37. The van der Waals surface area contributed by atoms with Crippen molar-refractivity contribution >= 4 is 23.4 Å². The van der Waals surface area contributed by atoms with Crippen LogP contribution in [0.15, 0.2) is 60.7 Å². The summed E-state index contributed by atoms with van der Waals surface area (Å²) >= 11 is 6.16. The summed E-state index contributed by atoms with van der Waals surface area (Å²) < 4.78 is 6.03. The monoisotopic (exact) mass is 426 g/mol. The molecule has 1 N–H and O–H groups in total. The smallest absolute Gasteiger partial charge is 0.258 e. The first-order valence-corrected chi connectivity index (χ1v) is 10.5. The third-order valence-corrected chi connectivity index (χ3v) is 5.54. The number of hydrogen-bond acceptors (Lipinski definition) is 3. The minimum Gasteiger partial charge on any atom is -0.490 e. The Balaban J connectivity index is 1.93. The van der Waals surface area contributed by atoms with Gasteiger partial charge in [-0.2, -0.15) is 0 Å². The molecule has 5 nitrogen and oxygen atoms in total. The van der Waals surface area contributed by atoms with Crippen LogP contribution in [0, 0.1) is 0 Å². The molecule has 1 aliphatic rings. The van der Waals surface area contributed by atoms with Gasteiger partial charge in [-0.25, -0.2) is 0 Å². The van der Waals surface area contributed by atoms with E-state index in [2.05, 4.69) is 5.32 Å². The molecule has 0 unspecified atom stereocenters. The zero-order valence-electron chi connectivity index (χ0n) is 17.5. The zero-order valence-corrected chi connectivity index (χ0v) is 18.2. The van der Waals surface area contributed by atoms with Gasteiger partial charge in [-0.3, -0.25) is 9.59 Å². The average Bonchev–Trinajstić information content (AvgIpc) is 2.74. The maximum absolute atomic E-state index is 13.1. The number of benzene rings is 2. The lowest BCUT2D eigenvalue weighted by Crippen LogP contribution is -2.47. The SMILES string of the molecule is C[C@@H]1C/C=C\C[C@H](c2cccc(Cl)c2)NC(=O)[C@H](C)N(C)C(=O)c2ccccc2O1. The van der Waals surface area contributed by atoms with Gasteiger partial charge in [-0.1, -0.05) is 48.0 Å². The molecule has 6 heteroatoms. The van der Waals surface area contributed by atoms with E-state index in [1.807, 2.05) is 43.3 Å². The first-order chi connectivity index (χ1) is 14.4. The van der Waals surface area contributed by atoms with Crippen LogP contribution in [0.5, 0.6) is 5.75 Å². The molecule has 0 radical (unpaired) electrons. The molecular weight excluding hydrogens is 400 g/mol. The van der Waals surface area contributed by atoms with Gasteiger partial charge in [-0.05, 0) is 50.1 Å². The molecule has 2 aromatic carbocycles. The van der Waals surface area contributed by atoms with Crippen molar-refractivity contribution in [3.63, 3.8) is 0 Å². The van der Waals surface area contributed by atoms with Gasteiger partial charge in [0.1, 0.15) is 11.8 Å². The number of hydrogen-bond donors (Lipinski definition) is 1. The lowest BCUT2D eigenvalue weighted by molar-refractivity contribution is -0.125. The summed E-state index contributed by atoms with van der Waals surface area (Å²) in [6, 6.07) is 13.7. The fourth-order valence-corrected chi connectivity index (χ4v) is 3.57. The van der Waals surface area contributed by atoms with Crippen molar-refractivity contribution in [2.45, 2.75) is 44.9 Å². The van der Waals surface area contributed by atoms with Crippen LogP contribution < -0.4 is 10.1 Å². The third kappa shape index (κ3) is 5.22. The Bertz CT molecular complexity index is 944. The Morgan fingerprint density at radius 1 is 1.03 bits per heavy atom. The molecule has 0 aromatic heterocycles. The zero-order chi connectivity index (χ0) is 21.7. The quantitative estimate of drug-likeness (QED) is 0.668. The highest BCUT2D eigenvalue weighted by Gasteiger charge is 2.27. The van der Waals surface area contributed by atoms with Gasteiger partial charge in [0.2, 0.25) is 5.91 Å². The standard InChI is InChI=1S/C24H27ClN2O3/c1-16-9-4-6-13-21(18-10-8-11-19(25)15-18)26-23(28)17(2)27(3)24(29)20-12-5-7-14-22(20)30-16/h4-8,10-12,14-17,21H,9,13H2,1-3H3,(H,26,28)/b6-4-/t16-,17+,21-/m1/s1. The molecule has 0 aliphatic carbocycles. The first kappa shape index (κ1) is 21.9. The summed E-state index contributed by atoms with van der Waals surface area (Å²) in [5, 5.41) is 3.69. The van der Waals surface area contributed by atoms with Crippen molar-refractivity contribution < 1.29 is 14.3 Å². The van der Waals surface area contributed by atoms with E-state index in [-0.39, 0.29) is 24.0 Å². The predicted octanol–water partition coefficient (Wildman–Crippen LogP) is 4.78. The number of likely N-dealkylation sites (N-methyl/N-ethyl adjacent to an activating group) is 1. The van der Waals surface area contributed by atoms with Crippen molar-refractivity contribution in [2.75, 3.05) is 7.05 Å². The summed E-state index contributed by atoms with van der Waals surface area (Å²) in [5.74, 6) is 0.0390. The number of carbonyl (C=O) groups is 2. The Labute approximate surface area is 182 Å². The highest BCUT2D eigenvalue weighted by molar-refractivity contribution is 6.30. The number of nitrogens with zero attached hydrogens (tertiary/aromatic N) is 1. The Kier molecular flexibility index (Phi) is 7.16. The molecule has 0 saturated carbocycles. The highest BCUT2D eigenvalue weighted by Crippen LogP contribution is 2.25. The molecule has 3 atom stereocenters. The fraction of sp³-hybridized carbons (Fsp3) is 0.333. The van der Waals surface area contributed by atoms with E-state index in [4.69, 9.17) is 16.3 Å². The molecule has 30 heavy (non-hydrogen) atoms. The Morgan fingerprint density at radius 2 is 1.77 bits per heavy atom. The van der Waals surface area contributed by atoms with Crippen LogP contribution in [0.3, 0.4) is 0 Å². The normalized spacial score (nSPS) is 24.3. The highest BCUT2D eigenvalue weighted by atomic mass is 35.5. The number of nitrogens with one attached hydrogen (secondary N) is 1. The first-order valence-electron chi connectivity index (χ1n) is 10.1. The number of carbonyl (C=O) groups excluding carboxylic acids is 2. The number of para-hydroxylation sites is 1. The van der Waals surface area contributed by atoms with E-state index in [0.29, 0.717) is 29.2 Å². The van der Waals surface area contributed by atoms with Crippen molar-refractivity contribution in [3.8, 4) is 5.75 Å². The third-order valence-electron chi connectivity index (χ3n) is 5.30. The van der Waals surface area contributed by atoms with Gasteiger partial charge in [0.05, 0.1) is 17.7 Å². The largest absolute Gasteiger partial charge is 0.490 e. The van der Waals surface area contributed by atoms with Crippen molar-refractivity contribution in [2.24, 2.45) is 0 Å². The van der Waals surface area contributed by atoms with E-state index in [1.165, 1.54) is 4.90 Å². The van der Waals surface area contributed by atoms with E-state index < -0.39 is 6.04 Å². The molecular formula is C24H27ClN2O3. The van der Waals surface area contributed by atoms with Crippen LogP contribution in [-0.4, -0.2) is 35.9 Å². The van der Waals surface area contributed by atoms with E-state index >= 15 is 0 Å². The minimum atomic E-state index is -0.656. The number of amides is 2. The van der Waals surface area contributed by atoms with Gasteiger partial charge < -0.3 is 15.0 Å². The summed E-state index contributed by atoms with van der Waals surface area (Å²) in [4.78, 5) is 27.5. The second kappa shape index (κ2) is 9.81. The Morgan fingerprint density at radius 3 is 2.53 bits per heavy atom. The number of fused-ring (bicyclic) bond motifs is 1. The van der Waals surface area contributed by atoms with Crippen LogP contribution in [0.25, 0.3) is 0 Å². The van der Waals surface area contributed by atoms with E-state index in [0.717, 1.165) is 5.56 Å². The topological polar surface area (TPSA) is 58.6 Å². The van der Waals surface area contributed by atoms with Crippen LogP contribution in [0.2, 0.25) is 5.02 Å². The molecule has 0 saturated heterocycles. The second-order valence-electron chi connectivity index (χ2n) is 7.58. The van der Waals surface area contributed by atoms with Crippen molar-refractivity contribution in [1.29, 1.82) is 0 Å². The van der Waals surface area contributed by atoms with Crippen LogP contribution in [0.4, 0.5) is 0 Å². The van der Waals surface area contributed by atoms with Gasteiger partial charge >= 0.3 is 0 Å². The molecule has 0 spiro atoms. The molecule has 1 heterocycles. The molecule has 1 aliphatic heterocycles. The van der Waals surface area contributed by atoms with Crippen LogP contribution >= 0.6 is 11.6 Å². The number of rotatable bonds is 1. The van der Waals surface area contributed by atoms with Crippen LogP contribution in [-0.2, 0) is 4.79 Å². The van der Waals surface area contributed by atoms with Gasteiger partial charge in [0.15, 0.2) is 0 Å². The van der Waals surface area contributed by atoms with E-state index in [9.17, 15) is 9.59 Å². The molecule has 2 aromatic rings. The lowest BCUT2D eigenvalue weighted by atomic mass is 10.0. The van der Waals surface area contributed by atoms with Crippen molar-refractivity contribution in [1.82, 2.24) is 10.2 Å². The summed E-state index contributed by atoms with van der Waals surface area (Å²) in [6.07, 6.45) is 5.29. The maximum Gasteiger partial charge on any atom is 0.258 e. The molecule has 3 rings (SSSR count). The van der Waals surface area contributed by atoms with Gasteiger partial charge in [-0.15, -0.1) is 0 Å². The Hall–Kier alpha value is -2.79. The molecule has 158 valence electrons. The summed E-state index contributed by atoms with van der Waals surface area (Å²) in [5.41, 5.74) is 1.36. The van der Waals surface area contributed by atoms with E-state index in [1.54, 1.807) is 38.2 Å². The lowest BCUT2D eigenvalue weighted by Gasteiger charge is -2.28. The minimum absolute atomic E-state index is 0.0971. The van der Waals surface area contributed by atoms with Crippen molar-refractivity contribution in [3.05, 3.63) is 76.8 Å².